The maximum atomic E-state index is 13.2. The molecule has 3 heterocycles. The highest BCUT2D eigenvalue weighted by atomic mass is 19.1. The van der Waals surface area contributed by atoms with E-state index in [0.29, 0.717) is 5.75 Å². The van der Waals surface area contributed by atoms with Crippen LogP contribution in [0.2, 0.25) is 0 Å². The average molecular weight is 320 g/mol. The van der Waals surface area contributed by atoms with Crippen molar-refractivity contribution in [2.24, 2.45) is 0 Å². The highest BCUT2D eigenvalue weighted by molar-refractivity contribution is 5.66. The lowest BCUT2D eigenvalue weighted by molar-refractivity contribution is 0.438. The number of aromatic nitrogens is 4. The van der Waals surface area contributed by atoms with E-state index in [2.05, 4.69) is 15.0 Å². The Hall–Kier alpha value is -3.28. The summed E-state index contributed by atoms with van der Waals surface area (Å²) >= 11 is 0. The summed E-state index contributed by atoms with van der Waals surface area (Å²) in [5, 5.41) is 0. The molecule has 4 aromatic rings. The first-order chi connectivity index (χ1) is 11.7. The third-order valence-electron chi connectivity index (χ3n) is 3.76. The first-order valence-electron chi connectivity index (χ1n) is 7.39. The SMILES string of the molecule is Cc1c(-c2cnc(Oc3cccc(F)c3)nc2)ccc2nccn12. The number of hydrogen-bond donors (Lipinski definition) is 0. The zero-order valence-corrected chi connectivity index (χ0v) is 12.8. The molecule has 5 nitrogen and oxygen atoms in total. The van der Waals surface area contributed by atoms with Gasteiger partial charge in [0.2, 0.25) is 0 Å². The van der Waals surface area contributed by atoms with E-state index < -0.39 is 0 Å². The van der Waals surface area contributed by atoms with Crippen molar-refractivity contribution in [3.8, 4) is 22.9 Å². The topological polar surface area (TPSA) is 52.3 Å². The van der Waals surface area contributed by atoms with Crippen LogP contribution in [0.4, 0.5) is 4.39 Å². The Morgan fingerprint density at radius 2 is 1.88 bits per heavy atom. The van der Waals surface area contributed by atoms with E-state index >= 15 is 0 Å². The van der Waals surface area contributed by atoms with Crippen molar-refractivity contribution in [2.45, 2.75) is 6.92 Å². The van der Waals surface area contributed by atoms with Gasteiger partial charge in [0.25, 0.3) is 0 Å². The van der Waals surface area contributed by atoms with E-state index in [0.717, 1.165) is 22.5 Å². The number of aryl methyl sites for hydroxylation is 1. The Bertz CT molecular complexity index is 1010. The number of hydrogen-bond acceptors (Lipinski definition) is 4. The lowest BCUT2D eigenvalue weighted by Crippen LogP contribution is -1.96. The van der Waals surface area contributed by atoms with Crippen molar-refractivity contribution in [3.63, 3.8) is 0 Å². The molecule has 3 aromatic heterocycles. The average Bonchev–Trinajstić information content (AvgIpc) is 3.06. The van der Waals surface area contributed by atoms with Gasteiger partial charge in [-0.15, -0.1) is 0 Å². The third-order valence-corrected chi connectivity index (χ3v) is 3.76. The van der Waals surface area contributed by atoms with Crippen molar-refractivity contribution in [3.05, 3.63) is 72.7 Å². The van der Waals surface area contributed by atoms with Crippen LogP contribution in [0, 0.1) is 12.7 Å². The second kappa shape index (κ2) is 5.73. The van der Waals surface area contributed by atoms with Crippen LogP contribution in [0.15, 0.2) is 61.2 Å². The van der Waals surface area contributed by atoms with Gasteiger partial charge >= 0.3 is 6.01 Å². The zero-order valence-electron chi connectivity index (χ0n) is 12.8. The Morgan fingerprint density at radius 3 is 2.67 bits per heavy atom. The first-order valence-corrected chi connectivity index (χ1v) is 7.39. The van der Waals surface area contributed by atoms with Crippen LogP contribution < -0.4 is 4.74 Å². The molecular formula is C18H13FN4O. The maximum Gasteiger partial charge on any atom is 0.321 e. The number of ether oxygens (including phenoxy) is 1. The van der Waals surface area contributed by atoms with E-state index in [1.807, 2.05) is 29.7 Å². The van der Waals surface area contributed by atoms with Gasteiger partial charge in [-0.25, -0.2) is 19.3 Å². The molecule has 0 aliphatic rings. The Labute approximate surface area is 137 Å². The molecule has 0 aliphatic carbocycles. The number of imidazole rings is 1. The van der Waals surface area contributed by atoms with E-state index in [4.69, 9.17) is 4.74 Å². The summed E-state index contributed by atoms with van der Waals surface area (Å²) in [4.78, 5) is 12.7. The molecule has 0 spiro atoms. The van der Waals surface area contributed by atoms with Gasteiger partial charge in [0.1, 0.15) is 17.2 Å². The van der Waals surface area contributed by atoms with Gasteiger partial charge in [-0.2, -0.15) is 0 Å². The fourth-order valence-electron chi connectivity index (χ4n) is 2.58. The number of rotatable bonds is 3. The molecule has 0 saturated heterocycles. The molecule has 118 valence electrons. The third kappa shape index (κ3) is 2.58. The molecule has 0 unspecified atom stereocenters. The van der Waals surface area contributed by atoms with Crippen LogP contribution in [0.5, 0.6) is 11.8 Å². The maximum absolute atomic E-state index is 13.2. The fourth-order valence-corrected chi connectivity index (χ4v) is 2.58. The lowest BCUT2D eigenvalue weighted by Gasteiger charge is -2.09. The molecule has 0 amide bonds. The summed E-state index contributed by atoms with van der Waals surface area (Å²) in [5.74, 6) is -0.00727. The Morgan fingerprint density at radius 1 is 1.04 bits per heavy atom. The Balaban J connectivity index is 1.64. The van der Waals surface area contributed by atoms with Crippen molar-refractivity contribution in [1.29, 1.82) is 0 Å². The molecule has 4 rings (SSSR count). The first kappa shape index (κ1) is 14.3. The van der Waals surface area contributed by atoms with Crippen LogP contribution in [-0.4, -0.2) is 19.4 Å². The van der Waals surface area contributed by atoms with Crippen molar-refractivity contribution >= 4 is 5.65 Å². The van der Waals surface area contributed by atoms with E-state index in [9.17, 15) is 4.39 Å². The van der Waals surface area contributed by atoms with Gasteiger partial charge in [-0.3, -0.25) is 0 Å². The largest absolute Gasteiger partial charge is 0.424 e. The van der Waals surface area contributed by atoms with Crippen LogP contribution in [0.25, 0.3) is 16.8 Å². The molecule has 0 bridgehead atoms. The minimum absolute atomic E-state index is 0.172. The van der Waals surface area contributed by atoms with Crippen LogP contribution in [0.1, 0.15) is 5.69 Å². The summed E-state index contributed by atoms with van der Waals surface area (Å²) in [7, 11) is 0. The zero-order chi connectivity index (χ0) is 16.5. The predicted octanol–water partition coefficient (Wildman–Crippen LogP) is 4.03. The molecule has 1 aromatic carbocycles. The standard InChI is InChI=1S/C18H13FN4O/c1-12-16(5-6-17-20-7-8-23(12)17)13-10-21-18(22-11-13)24-15-4-2-3-14(19)9-15/h2-11H,1H3. The van der Waals surface area contributed by atoms with Crippen LogP contribution >= 0.6 is 0 Å². The number of benzene rings is 1. The van der Waals surface area contributed by atoms with E-state index in [1.165, 1.54) is 12.1 Å². The molecular weight excluding hydrogens is 307 g/mol. The van der Waals surface area contributed by atoms with Crippen molar-refractivity contribution in [2.75, 3.05) is 0 Å². The number of pyridine rings is 1. The minimum Gasteiger partial charge on any atom is -0.424 e. The van der Waals surface area contributed by atoms with Gasteiger partial charge in [0.05, 0.1) is 0 Å². The molecule has 0 aliphatic heterocycles. The lowest BCUT2D eigenvalue weighted by atomic mass is 10.1. The summed E-state index contributed by atoms with van der Waals surface area (Å²) in [6.07, 6.45) is 7.05. The van der Waals surface area contributed by atoms with Gasteiger partial charge in [-0.05, 0) is 31.2 Å². The summed E-state index contributed by atoms with van der Waals surface area (Å²) in [6, 6.07) is 9.97. The summed E-state index contributed by atoms with van der Waals surface area (Å²) in [6.45, 7) is 2.02. The smallest absolute Gasteiger partial charge is 0.321 e. The van der Waals surface area contributed by atoms with Gasteiger partial charge in [0, 0.05) is 47.7 Å². The molecule has 24 heavy (non-hydrogen) atoms. The molecule has 0 fully saturated rings. The van der Waals surface area contributed by atoms with Crippen LogP contribution in [0.3, 0.4) is 0 Å². The molecule has 0 N–H and O–H groups in total. The fraction of sp³-hybridized carbons (Fsp3) is 0.0556. The predicted molar refractivity (Wildman–Crippen MR) is 87.4 cm³/mol. The number of halogens is 1. The normalized spacial score (nSPS) is 10.9. The summed E-state index contributed by atoms with van der Waals surface area (Å²) in [5.41, 5.74) is 3.82. The minimum atomic E-state index is -0.367. The molecule has 0 atom stereocenters. The highest BCUT2D eigenvalue weighted by Crippen LogP contribution is 2.25. The van der Waals surface area contributed by atoms with Gasteiger partial charge in [0.15, 0.2) is 0 Å². The van der Waals surface area contributed by atoms with Gasteiger partial charge in [-0.1, -0.05) is 6.07 Å². The molecule has 6 heteroatoms. The van der Waals surface area contributed by atoms with Crippen molar-refractivity contribution < 1.29 is 9.13 Å². The van der Waals surface area contributed by atoms with E-state index in [1.54, 1.807) is 30.7 Å². The Kier molecular flexibility index (Phi) is 3.42. The van der Waals surface area contributed by atoms with Crippen LogP contribution in [-0.2, 0) is 0 Å². The number of nitrogens with zero attached hydrogens (tertiary/aromatic N) is 4. The van der Waals surface area contributed by atoms with Gasteiger partial charge < -0.3 is 9.14 Å². The quantitative estimate of drug-likeness (QED) is 0.572. The highest BCUT2D eigenvalue weighted by Gasteiger charge is 2.08. The molecule has 0 saturated carbocycles. The van der Waals surface area contributed by atoms with Crippen molar-refractivity contribution in [1.82, 2.24) is 19.4 Å². The van der Waals surface area contributed by atoms with E-state index in [-0.39, 0.29) is 11.8 Å². The summed E-state index contributed by atoms with van der Waals surface area (Å²) < 4.78 is 20.6. The molecule has 0 radical (unpaired) electrons. The second-order valence-electron chi connectivity index (χ2n) is 5.30. The monoisotopic (exact) mass is 320 g/mol. The number of fused-ring (bicyclic) bond motifs is 1. The second-order valence-corrected chi connectivity index (χ2v) is 5.30.